The van der Waals surface area contributed by atoms with Crippen LogP contribution in [0.3, 0.4) is 0 Å². The molecule has 130 valence electrons. The van der Waals surface area contributed by atoms with E-state index in [0.717, 1.165) is 19.3 Å². The van der Waals surface area contributed by atoms with E-state index in [-0.39, 0.29) is 23.6 Å². The average Bonchev–Trinajstić information content (AvgIpc) is 2.51. The second-order valence-corrected chi connectivity index (χ2v) is 6.78. The minimum Gasteiger partial charge on any atom is -0.478 e. The highest BCUT2D eigenvalue weighted by Crippen LogP contribution is 2.23. The highest BCUT2D eigenvalue weighted by molar-refractivity contribution is 7.89. The van der Waals surface area contributed by atoms with Crippen LogP contribution >= 0.6 is 0 Å². The summed E-state index contributed by atoms with van der Waals surface area (Å²) in [6.45, 7) is 3.06. The second kappa shape index (κ2) is 9.49. The van der Waals surface area contributed by atoms with Gasteiger partial charge in [-0.1, -0.05) is 19.8 Å². The molecule has 0 spiro atoms. The topological polar surface area (TPSA) is 105 Å². The zero-order chi connectivity index (χ0) is 17.3. The normalized spacial score (nSPS) is 11.4. The van der Waals surface area contributed by atoms with Crippen LogP contribution in [0.15, 0.2) is 23.1 Å². The molecular weight excluding hydrogens is 320 g/mol. The lowest BCUT2D eigenvalue weighted by Gasteiger charge is -2.14. The molecule has 1 aromatic rings. The molecule has 0 radical (unpaired) electrons. The number of carbonyl (C=O) groups is 1. The standard InChI is InChI=1S/C15H24N2O5S/c1-3-4-5-8-16-13-7-6-12(15(18)19)11-14(13)23(20,21)17-9-10-22-2/h6-7,11,16-17H,3-5,8-10H2,1-2H3,(H,18,19). The molecular formula is C15H24N2O5S. The van der Waals surface area contributed by atoms with Crippen molar-refractivity contribution in [1.29, 1.82) is 0 Å². The maximum Gasteiger partial charge on any atom is 0.335 e. The van der Waals surface area contributed by atoms with Gasteiger partial charge in [-0.2, -0.15) is 0 Å². The van der Waals surface area contributed by atoms with Gasteiger partial charge in [0.05, 0.1) is 17.9 Å². The molecule has 0 aliphatic rings. The monoisotopic (exact) mass is 344 g/mol. The van der Waals surface area contributed by atoms with Crippen LogP contribution in [0.4, 0.5) is 5.69 Å². The molecule has 0 heterocycles. The van der Waals surface area contributed by atoms with Crippen LogP contribution in [-0.4, -0.2) is 46.3 Å². The molecule has 0 aliphatic heterocycles. The molecule has 1 aromatic carbocycles. The predicted molar refractivity (Wildman–Crippen MR) is 88.5 cm³/mol. The van der Waals surface area contributed by atoms with Crippen molar-refractivity contribution in [1.82, 2.24) is 4.72 Å². The summed E-state index contributed by atoms with van der Waals surface area (Å²) in [5.41, 5.74) is 0.326. The summed E-state index contributed by atoms with van der Waals surface area (Å²) < 4.78 is 32.0. The van der Waals surface area contributed by atoms with Gasteiger partial charge in [0, 0.05) is 20.2 Å². The van der Waals surface area contributed by atoms with Crippen LogP contribution in [0.5, 0.6) is 0 Å². The van der Waals surface area contributed by atoms with Gasteiger partial charge >= 0.3 is 5.97 Å². The number of hydrogen-bond acceptors (Lipinski definition) is 5. The van der Waals surface area contributed by atoms with Crippen LogP contribution < -0.4 is 10.0 Å². The zero-order valence-electron chi connectivity index (χ0n) is 13.5. The van der Waals surface area contributed by atoms with Gasteiger partial charge in [-0.3, -0.25) is 0 Å². The lowest BCUT2D eigenvalue weighted by atomic mass is 10.2. The summed E-state index contributed by atoms with van der Waals surface area (Å²) in [5, 5.41) is 12.1. The molecule has 0 amide bonds. The van der Waals surface area contributed by atoms with E-state index >= 15 is 0 Å². The highest BCUT2D eigenvalue weighted by Gasteiger charge is 2.20. The fraction of sp³-hybridized carbons (Fsp3) is 0.533. The number of carboxylic acids is 1. The van der Waals surface area contributed by atoms with Gasteiger partial charge in [0.15, 0.2) is 0 Å². The van der Waals surface area contributed by atoms with Crippen molar-refractivity contribution in [2.45, 2.75) is 31.1 Å². The van der Waals surface area contributed by atoms with Crippen molar-refractivity contribution >= 4 is 21.7 Å². The van der Waals surface area contributed by atoms with Crippen molar-refractivity contribution < 1.29 is 23.1 Å². The number of benzene rings is 1. The molecule has 23 heavy (non-hydrogen) atoms. The first-order chi connectivity index (χ1) is 10.9. The van der Waals surface area contributed by atoms with E-state index in [1.165, 1.54) is 25.3 Å². The second-order valence-electron chi connectivity index (χ2n) is 5.04. The number of carboxylic acid groups (broad SMARTS) is 1. The Labute approximate surface area is 137 Å². The lowest BCUT2D eigenvalue weighted by molar-refractivity contribution is 0.0696. The fourth-order valence-electron chi connectivity index (χ4n) is 1.98. The molecule has 0 atom stereocenters. The molecule has 0 unspecified atom stereocenters. The van der Waals surface area contributed by atoms with Gasteiger partial charge in [0.2, 0.25) is 10.0 Å². The number of unbranched alkanes of at least 4 members (excludes halogenated alkanes) is 2. The van der Waals surface area contributed by atoms with Gasteiger partial charge < -0.3 is 15.2 Å². The third-order valence-electron chi connectivity index (χ3n) is 3.21. The molecule has 1 rings (SSSR count). The number of sulfonamides is 1. The molecule has 0 fully saturated rings. The number of aromatic carboxylic acids is 1. The Kier molecular flexibility index (Phi) is 8.01. The number of nitrogens with one attached hydrogen (secondary N) is 2. The number of hydrogen-bond donors (Lipinski definition) is 3. The molecule has 0 aliphatic carbocycles. The Balaban J connectivity index is 3.02. The Morgan fingerprint density at radius 1 is 1.26 bits per heavy atom. The Morgan fingerprint density at radius 2 is 2.00 bits per heavy atom. The lowest BCUT2D eigenvalue weighted by Crippen LogP contribution is -2.28. The van der Waals surface area contributed by atoms with Crippen LogP contribution in [0, 0.1) is 0 Å². The van der Waals surface area contributed by atoms with Crippen LogP contribution in [-0.2, 0) is 14.8 Å². The third-order valence-corrected chi connectivity index (χ3v) is 4.71. The highest BCUT2D eigenvalue weighted by atomic mass is 32.2. The van der Waals surface area contributed by atoms with Crippen LogP contribution in [0.25, 0.3) is 0 Å². The van der Waals surface area contributed by atoms with Gasteiger partial charge in [-0.15, -0.1) is 0 Å². The third kappa shape index (κ3) is 6.17. The number of rotatable bonds is 11. The van der Waals surface area contributed by atoms with Crippen molar-refractivity contribution in [2.75, 3.05) is 32.1 Å². The number of methoxy groups -OCH3 is 1. The number of ether oxygens (including phenoxy) is 1. The summed E-state index contributed by atoms with van der Waals surface area (Å²) >= 11 is 0. The van der Waals surface area contributed by atoms with E-state index < -0.39 is 16.0 Å². The summed E-state index contributed by atoms with van der Waals surface area (Å²) in [7, 11) is -2.35. The predicted octanol–water partition coefficient (Wildman–Crippen LogP) is 1.91. The van der Waals surface area contributed by atoms with Crippen LogP contribution in [0.1, 0.15) is 36.5 Å². The summed E-state index contributed by atoms with van der Waals surface area (Å²) in [5.74, 6) is -1.17. The van der Waals surface area contributed by atoms with E-state index in [1.807, 2.05) is 0 Å². The summed E-state index contributed by atoms with van der Waals surface area (Å²) in [6, 6.07) is 4.04. The maximum atomic E-state index is 12.4. The van der Waals surface area contributed by atoms with Crippen molar-refractivity contribution in [3.05, 3.63) is 23.8 Å². The first-order valence-corrected chi connectivity index (χ1v) is 9.00. The minimum absolute atomic E-state index is 0.0648. The van der Waals surface area contributed by atoms with E-state index in [4.69, 9.17) is 9.84 Å². The van der Waals surface area contributed by atoms with Gasteiger partial charge in [0.25, 0.3) is 0 Å². The molecule has 7 nitrogen and oxygen atoms in total. The summed E-state index contributed by atoms with van der Waals surface area (Å²) in [4.78, 5) is 11.0. The summed E-state index contributed by atoms with van der Waals surface area (Å²) in [6.07, 6.45) is 3.01. The molecule has 0 bridgehead atoms. The smallest absolute Gasteiger partial charge is 0.335 e. The van der Waals surface area contributed by atoms with Gasteiger partial charge in [0.1, 0.15) is 4.90 Å². The van der Waals surface area contributed by atoms with Crippen molar-refractivity contribution in [2.24, 2.45) is 0 Å². The van der Waals surface area contributed by atoms with E-state index in [1.54, 1.807) is 0 Å². The number of anilines is 1. The fourth-order valence-corrected chi connectivity index (χ4v) is 3.20. The maximum absolute atomic E-state index is 12.4. The molecule has 0 saturated carbocycles. The van der Waals surface area contributed by atoms with E-state index in [9.17, 15) is 13.2 Å². The van der Waals surface area contributed by atoms with Crippen molar-refractivity contribution in [3.63, 3.8) is 0 Å². The van der Waals surface area contributed by atoms with E-state index in [0.29, 0.717) is 12.2 Å². The molecule has 0 saturated heterocycles. The quantitative estimate of drug-likeness (QED) is 0.530. The zero-order valence-corrected chi connectivity index (χ0v) is 14.3. The molecule has 3 N–H and O–H groups in total. The van der Waals surface area contributed by atoms with Crippen LogP contribution in [0.2, 0.25) is 0 Å². The van der Waals surface area contributed by atoms with Gasteiger partial charge in [-0.05, 0) is 24.6 Å². The Bertz CT molecular complexity index is 616. The Morgan fingerprint density at radius 3 is 2.61 bits per heavy atom. The largest absolute Gasteiger partial charge is 0.478 e. The Hall–Kier alpha value is -1.64. The minimum atomic E-state index is -3.82. The molecule has 0 aromatic heterocycles. The molecule has 8 heteroatoms. The van der Waals surface area contributed by atoms with Gasteiger partial charge in [-0.25, -0.2) is 17.9 Å². The SMILES string of the molecule is CCCCCNc1ccc(C(=O)O)cc1S(=O)(=O)NCCOC. The average molecular weight is 344 g/mol. The van der Waals surface area contributed by atoms with Crippen molar-refractivity contribution in [3.8, 4) is 0 Å². The van der Waals surface area contributed by atoms with E-state index in [2.05, 4.69) is 17.0 Å². The first-order valence-electron chi connectivity index (χ1n) is 7.52. The first kappa shape index (κ1) is 19.4.